The van der Waals surface area contributed by atoms with Crippen molar-refractivity contribution in [2.45, 2.75) is 12.5 Å². The van der Waals surface area contributed by atoms with Crippen molar-refractivity contribution in [1.82, 2.24) is 5.32 Å². The summed E-state index contributed by atoms with van der Waals surface area (Å²) in [6.07, 6.45) is 0.859. The Kier molecular flexibility index (Phi) is 3.86. The largest absolute Gasteiger partial charge is 0.488 e. The van der Waals surface area contributed by atoms with Crippen molar-refractivity contribution in [2.24, 2.45) is 0 Å². The van der Waals surface area contributed by atoms with Gasteiger partial charge in [0.25, 0.3) is 0 Å². The van der Waals surface area contributed by atoms with Crippen LogP contribution in [-0.2, 0) is 16.0 Å². The van der Waals surface area contributed by atoms with Gasteiger partial charge in [0.1, 0.15) is 11.9 Å². The molecule has 2 rings (SSSR count). The molecule has 1 aromatic carbocycles. The molecule has 0 fully saturated rings. The van der Waals surface area contributed by atoms with Gasteiger partial charge in [-0.3, -0.25) is 4.79 Å². The van der Waals surface area contributed by atoms with Crippen LogP contribution >= 0.6 is 11.6 Å². The maximum absolute atomic E-state index is 10.9. The van der Waals surface area contributed by atoms with Crippen LogP contribution in [0.4, 0.5) is 0 Å². The number of fused-ring (bicyclic) bond motifs is 1. The van der Waals surface area contributed by atoms with E-state index in [1.165, 1.54) is 7.11 Å². The maximum Gasteiger partial charge on any atom is 0.319 e. The van der Waals surface area contributed by atoms with Gasteiger partial charge in [-0.2, -0.15) is 0 Å². The Bertz CT molecular complexity index is 422. The average Bonchev–Trinajstić information content (AvgIpc) is 2.70. The van der Waals surface area contributed by atoms with Crippen LogP contribution in [0.2, 0.25) is 5.02 Å². The van der Waals surface area contributed by atoms with Crippen molar-refractivity contribution in [2.75, 3.05) is 20.2 Å². The lowest BCUT2D eigenvalue weighted by Crippen LogP contribution is -2.33. The van der Waals surface area contributed by atoms with E-state index in [0.29, 0.717) is 6.54 Å². The summed E-state index contributed by atoms with van der Waals surface area (Å²) in [6.45, 7) is 0.814. The molecule has 1 aliphatic rings. The van der Waals surface area contributed by atoms with Gasteiger partial charge in [-0.1, -0.05) is 11.6 Å². The number of rotatable bonds is 4. The molecule has 0 spiro atoms. The molecule has 1 unspecified atom stereocenters. The van der Waals surface area contributed by atoms with Gasteiger partial charge in [0.05, 0.1) is 13.7 Å². The summed E-state index contributed by atoms with van der Waals surface area (Å²) in [5, 5.41) is 3.71. The monoisotopic (exact) mass is 255 g/mol. The molecule has 0 saturated heterocycles. The first-order chi connectivity index (χ1) is 8.19. The number of carbonyl (C=O) groups is 1. The van der Waals surface area contributed by atoms with E-state index in [-0.39, 0.29) is 18.6 Å². The van der Waals surface area contributed by atoms with Crippen molar-refractivity contribution in [3.8, 4) is 5.75 Å². The summed E-state index contributed by atoms with van der Waals surface area (Å²) in [4.78, 5) is 10.9. The summed E-state index contributed by atoms with van der Waals surface area (Å²) < 4.78 is 10.2. The second-order valence-corrected chi connectivity index (χ2v) is 4.34. The lowest BCUT2D eigenvalue weighted by Gasteiger charge is -2.10. The Labute approximate surface area is 105 Å². The molecule has 0 aromatic heterocycles. The van der Waals surface area contributed by atoms with E-state index in [0.717, 1.165) is 22.8 Å². The van der Waals surface area contributed by atoms with Gasteiger partial charge in [0.15, 0.2) is 0 Å². The Morgan fingerprint density at radius 1 is 1.65 bits per heavy atom. The molecule has 92 valence electrons. The van der Waals surface area contributed by atoms with Crippen molar-refractivity contribution >= 4 is 17.6 Å². The van der Waals surface area contributed by atoms with Crippen molar-refractivity contribution in [3.63, 3.8) is 0 Å². The van der Waals surface area contributed by atoms with Crippen LogP contribution in [-0.4, -0.2) is 32.3 Å². The zero-order valence-corrected chi connectivity index (χ0v) is 10.3. The SMILES string of the molecule is COC(=O)CNCC1Cc2cc(Cl)ccc2O1. The highest BCUT2D eigenvalue weighted by atomic mass is 35.5. The summed E-state index contributed by atoms with van der Waals surface area (Å²) in [5.74, 6) is 0.600. The molecule has 1 heterocycles. The van der Waals surface area contributed by atoms with E-state index in [4.69, 9.17) is 16.3 Å². The topological polar surface area (TPSA) is 47.6 Å². The first-order valence-electron chi connectivity index (χ1n) is 5.41. The first kappa shape index (κ1) is 12.2. The zero-order chi connectivity index (χ0) is 12.3. The smallest absolute Gasteiger partial charge is 0.319 e. The van der Waals surface area contributed by atoms with E-state index in [1.54, 1.807) is 0 Å². The normalized spacial score (nSPS) is 17.4. The van der Waals surface area contributed by atoms with Crippen LogP contribution in [0.5, 0.6) is 5.75 Å². The van der Waals surface area contributed by atoms with E-state index >= 15 is 0 Å². The Hall–Kier alpha value is -1.26. The number of halogens is 1. The molecule has 1 aliphatic heterocycles. The number of benzene rings is 1. The van der Waals surface area contributed by atoms with Crippen LogP contribution in [0.25, 0.3) is 0 Å². The van der Waals surface area contributed by atoms with Crippen LogP contribution < -0.4 is 10.1 Å². The van der Waals surface area contributed by atoms with Gasteiger partial charge in [-0.25, -0.2) is 0 Å². The van der Waals surface area contributed by atoms with Gasteiger partial charge in [-0.05, 0) is 23.8 Å². The molecular formula is C12H14ClNO3. The fraction of sp³-hybridized carbons (Fsp3) is 0.417. The maximum atomic E-state index is 10.9. The molecule has 0 saturated carbocycles. The standard InChI is InChI=1S/C12H14ClNO3/c1-16-12(15)7-14-6-10-5-8-4-9(13)2-3-11(8)17-10/h2-4,10,14H,5-7H2,1H3. The van der Waals surface area contributed by atoms with E-state index < -0.39 is 0 Å². The number of hydrogen-bond acceptors (Lipinski definition) is 4. The minimum Gasteiger partial charge on any atom is -0.488 e. The number of hydrogen-bond donors (Lipinski definition) is 1. The molecule has 1 N–H and O–H groups in total. The summed E-state index contributed by atoms with van der Waals surface area (Å²) in [5.41, 5.74) is 1.11. The Balaban J connectivity index is 1.82. The third-order valence-corrected chi connectivity index (χ3v) is 2.87. The van der Waals surface area contributed by atoms with Gasteiger partial charge < -0.3 is 14.8 Å². The quantitative estimate of drug-likeness (QED) is 0.827. The second-order valence-electron chi connectivity index (χ2n) is 3.90. The van der Waals surface area contributed by atoms with Gasteiger partial charge in [-0.15, -0.1) is 0 Å². The summed E-state index contributed by atoms with van der Waals surface area (Å²) in [7, 11) is 1.37. The molecule has 0 bridgehead atoms. The minimum atomic E-state index is -0.274. The molecule has 0 aliphatic carbocycles. The molecule has 0 radical (unpaired) electrons. The van der Waals surface area contributed by atoms with Gasteiger partial charge >= 0.3 is 5.97 Å². The van der Waals surface area contributed by atoms with E-state index in [1.807, 2.05) is 18.2 Å². The molecule has 0 amide bonds. The highest BCUT2D eigenvalue weighted by molar-refractivity contribution is 6.30. The lowest BCUT2D eigenvalue weighted by atomic mass is 10.1. The number of nitrogens with one attached hydrogen (secondary N) is 1. The fourth-order valence-corrected chi connectivity index (χ4v) is 2.00. The highest BCUT2D eigenvalue weighted by Gasteiger charge is 2.22. The van der Waals surface area contributed by atoms with Gasteiger partial charge in [0, 0.05) is 18.0 Å². The van der Waals surface area contributed by atoms with Crippen molar-refractivity contribution < 1.29 is 14.3 Å². The predicted molar refractivity (Wildman–Crippen MR) is 64.5 cm³/mol. The number of esters is 1. The zero-order valence-electron chi connectivity index (χ0n) is 9.53. The molecular weight excluding hydrogens is 242 g/mol. The second kappa shape index (κ2) is 5.38. The summed E-state index contributed by atoms with van der Waals surface area (Å²) >= 11 is 5.90. The number of carbonyl (C=O) groups excluding carboxylic acids is 1. The third kappa shape index (κ3) is 3.11. The van der Waals surface area contributed by atoms with E-state index in [2.05, 4.69) is 10.1 Å². The number of methoxy groups -OCH3 is 1. The minimum absolute atomic E-state index is 0.0492. The van der Waals surface area contributed by atoms with Crippen LogP contribution in [0.1, 0.15) is 5.56 Å². The molecule has 17 heavy (non-hydrogen) atoms. The lowest BCUT2D eigenvalue weighted by molar-refractivity contribution is -0.139. The molecule has 4 nitrogen and oxygen atoms in total. The highest BCUT2D eigenvalue weighted by Crippen LogP contribution is 2.30. The third-order valence-electron chi connectivity index (χ3n) is 2.63. The summed E-state index contributed by atoms with van der Waals surface area (Å²) in [6, 6.07) is 5.60. The predicted octanol–water partition coefficient (Wildman–Crippen LogP) is 1.41. The van der Waals surface area contributed by atoms with Gasteiger partial charge in [0.2, 0.25) is 0 Å². The van der Waals surface area contributed by atoms with E-state index in [9.17, 15) is 4.79 Å². The average molecular weight is 256 g/mol. The fourth-order valence-electron chi connectivity index (χ4n) is 1.81. The van der Waals surface area contributed by atoms with Crippen molar-refractivity contribution in [3.05, 3.63) is 28.8 Å². The number of ether oxygens (including phenoxy) is 2. The molecule has 5 heteroatoms. The van der Waals surface area contributed by atoms with Crippen LogP contribution in [0, 0.1) is 0 Å². The van der Waals surface area contributed by atoms with Crippen LogP contribution in [0.15, 0.2) is 18.2 Å². The van der Waals surface area contributed by atoms with Crippen molar-refractivity contribution in [1.29, 1.82) is 0 Å². The van der Waals surface area contributed by atoms with Crippen LogP contribution in [0.3, 0.4) is 0 Å². The Morgan fingerprint density at radius 2 is 2.47 bits per heavy atom. The first-order valence-corrected chi connectivity index (χ1v) is 5.79. The molecule has 1 atom stereocenters. The molecule has 1 aromatic rings. The Morgan fingerprint density at radius 3 is 3.24 bits per heavy atom.